The lowest BCUT2D eigenvalue weighted by Crippen LogP contribution is -2.22. The molecule has 35 heavy (non-hydrogen) atoms. The molecule has 0 aliphatic heterocycles. The summed E-state index contributed by atoms with van der Waals surface area (Å²) in [7, 11) is 0. The van der Waals surface area contributed by atoms with Gasteiger partial charge in [0.15, 0.2) is 11.6 Å². The van der Waals surface area contributed by atoms with Crippen molar-refractivity contribution in [2.75, 3.05) is 10.6 Å². The summed E-state index contributed by atoms with van der Waals surface area (Å²) in [4.78, 5) is 16.5. The highest BCUT2D eigenvalue weighted by atomic mass is 19.4. The fraction of sp³-hybridized carbons (Fsp3) is 0.130. The lowest BCUT2D eigenvalue weighted by atomic mass is 10.3. The standard InChI is InChI=1S/C23H19F3N6O3/c1-14-15(2)32(13-27-14)20-11-12-21(31-30-20)34-17-9-7-16(8-10-17)28-22(33)29-18-5-3-4-6-19(18)35-23(24,25)26/h3-13H,1-2H3,(H2,28,29,33). The highest BCUT2D eigenvalue weighted by Crippen LogP contribution is 2.30. The van der Waals surface area contributed by atoms with Crippen molar-refractivity contribution in [2.45, 2.75) is 20.2 Å². The van der Waals surface area contributed by atoms with Gasteiger partial charge in [0.1, 0.15) is 12.1 Å². The molecule has 180 valence electrons. The van der Waals surface area contributed by atoms with Crippen LogP contribution in [-0.2, 0) is 0 Å². The molecule has 12 heteroatoms. The van der Waals surface area contributed by atoms with Crippen LogP contribution < -0.4 is 20.1 Å². The number of nitrogens with one attached hydrogen (secondary N) is 2. The zero-order chi connectivity index (χ0) is 25.0. The minimum Gasteiger partial charge on any atom is -0.438 e. The maximum Gasteiger partial charge on any atom is 0.573 e. The first-order chi connectivity index (χ1) is 16.7. The number of aryl methyl sites for hydroxylation is 1. The molecule has 0 aliphatic rings. The molecule has 2 amide bonds. The highest BCUT2D eigenvalue weighted by molar-refractivity contribution is 6.00. The number of urea groups is 1. The van der Waals surface area contributed by atoms with Gasteiger partial charge in [-0.15, -0.1) is 23.4 Å². The Hall–Kier alpha value is -4.61. The van der Waals surface area contributed by atoms with Crippen LogP contribution in [0.5, 0.6) is 17.4 Å². The first kappa shape index (κ1) is 23.5. The van der Waals surface area contributed by atoms with Gasteiger partial charge in [-0.1, -0.05) is 12.1 Å². The summed E-state index contributed by atoms with van der Waals surface area (Å²) in [6.07, 6.45) is -3.22. The van der Waals surface area contributed by atoms with Crippen LogP contribution in [0.2, 0.25) is 0 Å². The average Bonchev–Trinajstić information content (AvgIpc) is 3.14. The number of benzene rings is 2. The molecule has 0 aliphatic carbocycles. The predicted octanol–water partition coefficient (Wildman–Crippen LogP) is 5.61. The van der Waals surface area contributed by atoms with E-state index < -0.39 is 18.1 Å². The lowest BCUT2D eigenvalue weighted by molar-refractivity contribution is -0.274. The number of nitrogens with zero attached hydrogens (tertiary/aromatic N) is 4. The largest absolute Gasteiger partial charge is 0.573 e. The van der Waals surface area contributed by atoms with Crippen LogP contribution in [0.3, 0.4) is 0 Å². The van der Waals surface area contributed by atoms with Crippen molar-refractivity contribution in [2.24, 2.45) is 0 Å². The number of para-hydroxylation sites is 2. The molecule has 0 atom stereocenters. The number of ether oxygens (including phenoxy) is 2. The van der Waals surface area contributed by atoms with E-state index in [-0.39, 0.29) is 11.6 Å². The van der Waals surface area contributed by atoms with Gasteiger partial charge in [-0.25, -0.2) is 9.78 Å². The zero-order valence-corrected chi connectivity index (χ0v) is 18.5. The van der Waals surface area contributed by atoms with Gasteiger partial charge in [-0.3, -0.25) is 4.57 Å². The number of alkyl halides is 3. The summed E-state index contributed by atoms with van der Waals surface area (Å²) >= 11 is 0. The fourth-order valence-electron chi connectivity index (χ4n) is 3.02. The topological polar surface area (TPSA) is 103 Å². The van der Waals surface area contributed by atoms with Gasteiger partial charge >= 0.3 is 12.4 Å². The van der Waals surface area contributed by atoms with Gasteiger partial charge in [-0.05, 0) is 56.3 Å². The number of halogens is 3. The zero-order valence-electron chi connectivity index (χ0n) is 18.5. The second-order valence-electron chi connectivity index (χ2n) is 7.26. The van der Waals surface area contributed by atoms with Crippen LogP contribution in [-0.4, -0.2) is 32.1 Å². The third-order valence-corrected chi connectivity index (χ3v) is 4.82. The molecule has 2 aromatic carbocycles. The van der Waals surface area contributed by atoms with Gasteiger partial charge < -0.3 is 20.1 Å². The summed E-state index contributed by atoms with van der Waals surface area (Å²) in [6, 6.07) is 14.2. The van der Waals surface area contributed by atoms with Gasteiger partial charge in [0.25, 0.3) is 0 Å². The number of hydrogen-bond donors (Lipinski definition) is 2. The Kier molecular flexibility index (Phi) is 6.53. The van der Waals surface area contributed by atoms with E-state index in [4.69, 9.17) is 4.74 Å². The molecule has 0 spiro atoms. The Balaban J connectivity index is 1.36. The van der Waals surface area contributed by atoms with Crippen molar-refractivity contribution in [3.8, 4) is 23.2 Å². The molecule has 0 fully saturated rings. The molecule has 0 bridgehead atoms. The number of carbonyl (C=O) groups excluding carboxylic acids is 1. The Bertz CT molecular complexity index is 1320. The van der Waals surface area contributed by atoms with E-state index in [1.54, 1.807) is 42.7 Å². The summed E-state index contributed by atoms with van der Waals surface area (Å²) in [5.74, 6) is 0.784. The fourth-order valence-corrected chi connectivity index (χ4v) is 3.02. The summed E-state index contributed by atoms with van der Waals surface area (Å²) in [6.45, 7) is 3.83. The predicted molar refractivity (Wildman–Crippen MR) is 121 cm³/mol. The van der Waals surface area contributed by atoms with E-state index in [1.807, 2.05) is 18.4 Å². The molecule has 0 radical (unpaired) electrons. The molecule has 0 saturated heterocycles. The Labute approximate surface area is 197 Å². The van der Waals surface area contributed by atoms with Gasteiger partial charge in [-0.2, -0.15) is 0 Å². The second kappa shape index (κ2) is 9.71. The highest BCUT2D eigenvalue weighted by Gasteiger charge is 2.32. The molecule has 0 unspecified atom stereocenters. The van der Waals surface area contributed by atoms with Crippen LogP contribution in [0, 0.1) is 13.8 Å². The molecule has 2 heterocycles. The molecule has 9 nitrogen and oxygen atoms in total. The molecule has 4 aromatic rings. The molecule has 4 rings (SSSR count). The summed E-state index contributed by atoms with van der Waals surface area (Å²) < 4.78 is 49.0. The third kappa shape index (κ3) is 6.05. The molecule has 0 saturated carbocycles. The van der Waals surface area contributed by atoms with E-state index >= 15 is 0 Å². The minimum atomic E-state index is -4.88. The number of hydrogen-bond acceptors (Lipinski definition) is 6. The van der Waals surface area contributed by atoms with Crippen molar-refractivity contribution in [3.63, 3.8) is 0 Å². The number of amides is 2. The van der Waals surface area contributed by atoms with Crippen molar-refractivity contribution < 1.29 is 27.4 Å². The second-order valence-corrected chi connectivity index (χ2v) is 7.26. The summed E-state index contributed by atoms with van der Waals surface area (Å²) in [5, 5.41) is 13.1. The van der Waals surface area contributed by atoms with Crippen molar-refractivity contribution in [1.82, 2.24) is 19.7 Å². The lowest BCUT2D eigenvalue weighted by Gasteiger charge is -2.14. The number of anilines is 2. The minimum absolute atomic E-state index is 0.134. The van der Waals surface area contributed by atoms with Crippen LogP contribution in [0.4, 0.5) is 29.3 Å². The maximum atomic E-state index is 12.5. The van der Waals surface area contributed by atoms with Crippen LogP contribution in [0.15, 0.2) is 67.0 Å². The van der Waals surface area contributed by atoms with Crippen LogP contribution >= 0.6 is 0 Å². The van der Waals surface area contributed by atoms with Gasteiger partial charge in [0.2, 0.25) is 5.88 Å². The first-order valence-electron chi connectivity index (χ1n) is 10.2. The van der Waals surface area contributed by atoms with E-state index in [1.165, 1.54) is 18.2 Å². The van der Waals surface area contributed by atoms with Gasteiger partial charge in [0.05, 0.1) is 11.4 Å². The van der Waals surface area contributed by atoms with Crippen molar-refractivity contribution in [1.29, 1.82) is 0 Å². The number of carbonyl (C=O) groups is 1. The Morgan fingerprint density at radius 2 is 1.69 bits per heavy atom. The third-order valence-electron chi connectivity index (χ3n) is 4.82. The maximum absolute atomic E-state index is 12.5. The summed E-state index contributed by atoms with van der Waals surface area (Å²) in [5.41, 5.74) is 2.10. The number of imidazole rings is 1. The Morgan fingerprint density at radius 1 is 0.943 bits per heavy atom. The quantitative estimate of drug-likeness (QED) is 0.369. The molecular weight excluding hydrogens is 465 g/mol. The molecular formula is C23H19F3N6O3. The van der Waals surface area contributed by atoms with E-state index in [9.17, 15) is 18.0 Å². The number of aromatic nitrogens is 4. The van der Waals surface area contributed by atoms with Crippen molar-refractivity contribution >= 4 is 17.4 Å². The van der Waals surface area contributed by atoms with Crippen LogP contribution in [0.1, 0.15) is 11.4 Å². The van der Waals surface area contributed by atoms with E-state index in [2.05, 4.69) is 30.6 Å². The molecule has 2 N–H and O–H groups in total. The van der Waals surface area contributed by atoms with E-state index in [0.717, 1.165) is 17.5 Å². The normalized spacial score (nSPS) is 11.1. The van der Waals surface area contributed by atoms with Gasteiger partial charge in [0, 0.05) is 17.4 Å². The number of rotatable bonds is 6. The SMILES string of the molecule is Cc1ncn(-c2ccc(Oc3ccc(NC(=O)Nc4ccccc4OC(F)(F)F)cc3)nn2)c1C. The Morgan fingerprint density at radius 3 is 2.31 bits per heavy atom. The first-order valence-corrected chi connectivity index (χ1v) is 10.2. The monoisotopic (exact) mass is 484 g/mol. The van der Waals surface area contributed by atoms with Crippen LogP contribution in [0.25, 0.3) is 5.82 Å². The molecule has 2 aromatic heterocycles. The van der Waals surface area contributed by atoms with Crippen molar-refractivity contribution in [3.05, 3.63) is 78.4 Å². The van der Waals surface area contributed by atoms with E-state index in [0.29, 0.717) is 17.3 Å². The average molecular weight is 484 g/mol. The smallest absolute Gasteiger partial charge is 0.438 e.